The Kier molecular flexibility index (Phi) is 7.58. The summed E-state index contributed by atoms with van der Waals surface area (Å²) in [6, 6.07) is 37.1. The highest BCUT2D eigenvalue weighted by atomic mass is 28.3. The normalized spacial score (nSPS) is 21.8. The molecule has 0 heterocycles. The molecule has 1 fully saturated rings. The molecule has 4 aromatic carbocycles. The Bertz CT molecular complexity index is 1580. The predicted molar refractivity (Wildman–Crippen MR) is 187 cm³/mol. The van der Waals surface area contributed by atoms with Crippen LogP contribution in [-0.4, -0.2) is 13.7 Å². The molecule has 4 aromatic rings. The fourth-order valence-corrected chi connectivity index (χ4v) is 14.8. The van der Waals surface area contributed by atoms with E-state index in [1.54, 1.807) is 0 Å². The number of hydrogen-bond donors (Lipinski definition) is 0. The maximum atomic E-state index is 7.20. The second-order valence-electron chi connectivity index (χ2n) is 15.1. The van der Waals surface area contributed by atoms with Gasteiger partial charge in [0.15, 0.2) is 8.07 Å². The van der Waals surface area contributed by atoms with Crippen LogP contribution in [0, 0.1) is 18.8 Å². The SMILES string of the molecule is Cc1cc(C(C)(C)C)c(OC(C)(C)C)c([Si](c2ccccc2)(c2ccccc2)C2C(C)CC3c4ccccc4C=CC32)c1. The summed E-state index contributed by atoms with van der Waals surface area (Å²) < 4.78 is 7.20. The third-order valence-corrected chi connectivity index (χ3v) is 15.5. The van der Waals surface area contributed by atoms with Crippen LogP contribution >= 0.6 is 0 Å². The van der Waals surface area contributed by atoms with E-state index < -0.39 is 8.07 Å². The molecule has 2 heteroatoms. The lowest BCUT2D eigenvalue weighted by Gasteiger charge is -2.46. The molecule has 222 valence electrons. The zero-order valence-electron chi connectivity index (χ0n) is 27.3. The molecular formula is C41H48OSi. The van der Waals surface area contributed by atoms with Gasteiger partial charge in [-0.2, -0.15) is 0 Å². The van der Waals surface area contributed by atoms with E-state index >= 15 is 0 Å². The van der Waals surface area contributed by atoms with E-state index in [9.17, 15) is 0 Å². The minimum absolute atomic E-state index is 0.0671. The number of ether oxygens (including phenoxy) is 1. The van der Waals surface area contributed by atoms with Crippen LogP contribution in [0.25, 0.3) is 6.08 Å². The van der Waals surface area contributed by atoms with Crippen LogP contribution < -0.4 is 20.3 Å². The first-order valence-electron chi connectivity index (χ1n) is 16.1. The highest BCUT2D eigenvalue weighted by Gasteiger charge is 2.58. The molecule has 0 radical (unpaired) electrons. The molecule has 1 nitrogen and oxygen atoms in total. The van der Waals surface area contributed by atoms with E-state index in [0.29, 0.717) is 23.3 Å². The van der Waals surface area contributed by atoms with Crippen molar-refractivity contribution >= 4 is 29.7 Å². The van der Waals surface area contributed by atoms with E-state index in [1.807, 2.05) is 0 Å². The zero-order valence-corrected chi connectivity index (χ0v) is 28.3. The molecule has 1 saturated carbocycles. The molecule has 2 aliphatic carbocycles. The standard InChI is InChI=1S/C41H48OSi/c1-28-25-36(40(3,4)5)38(42-41(6,7)8)37(26-28)43(31-18-11-9-12-19-31,32-20-13-10-14-21-32)39-29(2)27-35-33-22-16-15-17-30(33)23-24-34(35)39/h9-26,29,34-35,39H,27H2,1-8H3. The van der Waals surface area contributed by atoms with Crippen LogP contribution in [0.5, 0.6) is 5.75 Å². The number of benzene rings is 4. The van der Waals surface area contributed by atoms with Gasteiger partial charge in [0, 0.05) is 0 Å². The fourth-order valence-electron chi connectivity index (χ4n) is 8.34. The molecule has 4 atom stereocenters. The van der Waals surface area contributed by atoms with E-state index in [0.717, 1.165) is 5.75 Å². The van der Waals surface area contributed by atoms with Crippen LogP contribution in [0.4, 0.5) is 0 Å². The monoisotopic (exact) mass is 584 g/mol. The largest absolute Gasteiger partial charge is 0.488 e. The Morgan fingerprint density at radius 1 is 0.744 bits per heavy atom. The maximum Gasteiger partial charge on any atom is 0.156 e. The van der Waals surface area contributed by atoms with Gasteiger partial charge < -0.3 is 4.74 Å². The fraction of sp³-hybridized carbons (Fsp3) is 0.366. The molecule has 6 rings (SSSR count). The van der Waals surface area contributed by atoms with Crippen molar-refractivity contribution in [3.63, 3.8) is 0 Å². The van der Waals surface area contributed by atoms with Gasteiger partial charge in [-0.15, -0.1) is 0 Å². The molecule has 0 aromatic heterocycles. The van der Waals surface area contributed by atoms with Gasteiger partial charge in [-0.05, 0) is 95.1 Å². The Balaban J connectivity index is 1.75. The van der Waals surface area contributed by atoms with Gasteiger partial charge in [-0.1, -0.05) is 142 Å². The summed E-state index contributed by atoms with van der Waals surface area (Å²) in [7, 11) is -2.75. The number of allylic oxidation sites excluding steroid dienone is 1. The summed E-state index contributed by atoms with van der Waals surface area (Å²) in [4.78, 5) is 0. The molecule has 43 heavy (non-hydrogen) atoms. The molecule has 0 aliphatic heterocycles. The first kappa shape index (κ1) is 29.7. The lowest BCUT2D eigenvalue weighted by molar-refractivity contribution is 0.129. The first-order valence-corrected chi connectivity index (χ1v) is 18.2. The smallest absolute Gasteiger partial charge is 0.156 e. The topological polar surface area (TPSA) is 9.23 Å². The number of hydrogen-bond acceptors (Lipinski definition) is 1. The van der Waals surface area contributed by atoms with Gasteiger partial charge in [0.2, 0.25) is 0 Å². The summed E-state index contributed by atoms with van der Waals surface area (Å²) >= 11 is 0. The summed E-state index contributed by atoms with van der Waals surface area (Å²) in [6.07, 6.45) is 6.21. The van der Waals surface area contributed by atoms with Gasteiger partial charge >= 0.3 is 0 Å². The minimum atomic E-state index is -2.75. The summed E-state index contributed by atoms with van der Waals surface area (Å²) in [5.74, 6) is 2.64. The van der Waals surface area contributed by atoms with E-state index in [2.05, 4.69) is 165 Å². The minimum Gasteiger partial charge on any atom is -0.488 e. The van der Waals surface area contributed by atoms with Gasteiger partial charge in [0.05, 0.1) is 0 Å². The summed E-state index contributed by atoms with van der Waals surface area (Å²) in [5, 5.41) is 4.40. The second-order valence-corrected chi connectivity index (χ2v) is 19.1. The Morgan fingerprint density at radius 2 is 1.33 bits per heavy atom. The first-order chi connectivity index (χ1) is 20.4. The van der Waals surface area contributed by atoms with Crippen molar-refractivity contribution in [2.45, 2.75) is 84.3 Å². The number of aryl methyl sites for hydroxylation is 1. The van der Waals surface area contributed by atoms with Gasteiger partial charge in [-0.25, -0.2) is 0 Å². The van der Waals surface area contributed by atoms with Gasteiger partial charge in [0.1, 0.15) is 11.4 Å². The lowest BCUT2D eigenvalue weighted by atomic mass is 9.81. The number of rotatable bonds is 5. The van der Waals surface area contributed by atoms with E-state index in [4.69, 9.17) is 4.74 Å². The lowest BCUT2D eigenvalue weighted by Crippen LogP contribution is -2.71. The third-order valence-electron chi connectivity index (χ3n) is 9.84. The highest BCUT2D eigenvalue weighted by molar-refractivity contribution is 7.13. The molecule has 0 N–H and O–H groups in total. The average Bonchev–Trinajstić information content (AvgIpc) is 3.31. The van der Waals surface area contributed by atoms with Crippen LogP contribution in [0.1, 0.15) is 83.1 Å². The van der Waals surface area contributed by atoms with Crippen LogP contribution in [0.2, 0.25) is 5.54 Å². The van der Waals surface area contributed by atoms with Crippen molar-refractivity contribution in [1.29, 1.82) is 0 Å². The summed E-state index contributed by atoms with van der Waals surface area (Å²) in [6.45, 7) is 18.4. The van der Waals surface area contributed by atoms with Crippen molar-refractivity contribution in [3.05, 3.63) is 125 Å². The quantitative estimate of drug-likeness (QED) is 0.168. The highest BCUT2D eigenvalue weighted by Crippen LogP contribution is 2.57. The van der Waals surface area contributed by atoms with E-state index in [1.165, 1.54) is 44.2 Å². The maximum absolute atomic E-state index is 7.20. The number of fused-ring (bicyclic) bond motifs is 3. The third kappa shape index (κ3) is 5.22. The van der Waals surface area contributed by atoms with E-state index in [-0.39, 0.29) is 11.0 Å². The molecule has 0 spiro atoms. The van der Waals surface area contributed by atoms with Gasteiger partial charge in [-0.3, -0.25) is 0 Å². The molecule has 0 amide bonds. The molecule has 2 aliphatic rings. The van der Waals surface area contributed by atoms with Crippen molar-refractivity contribution in [3.8, 4) is 5.75 Å². The Morgan fingerprint density at radius 3 is 1.91 bits per heavy atom. The van der Waals surface area contributed by atoms with Crippen molar-refractivity contribution in [2.24, 2.45) is 11.8 Å². The molecule has 0 saturated heterocycles. The second kappa shape index (κ2) is 11.0. The Hall–Kier alpha value is -3.36. The van der Waals surface area contributed by atoms with Crippen LogP contribution in [0.3, 0.4) is 0 Å². The van der Waals surface area contributed by atoms with Crippen molar-refractivity contribution in [2.75, 3.05) is 0 Å². The Labute approximate surface area is 261 Å². The molecular weight excluding hydrogens is 537 g/mol. The molecule has 4 unspecified atom stereocenters. The predicted octanol–water partition coefficient (Wildman–Crippen LogP) is 8.78. The van der Waals surface area contributed by atoms with Gasteiger partial charge in [0.25, 0.3) is 0 Å². The van der Waals surface area contributed by atoms with Crippen molar-refractivity contribution in [1.82, 2.24) is 0 Å². The van der Waals surface area contributed by atoms with Crippen LogP contribution in [0.15, 0.2) is 103 Å². The summed E-state index contributed by atoms with van der Waals surface area (Å²) in [5.41, 5.74) is 5.62. The molecule has 0 bridgehead atoms. The van der Waals surface area contributed by atoms with Crippen LogP contribution in [-0.2, 0) is 5.41 Å². The van der Waals surface area contributed by atoms with Crippen molar-refractivity contribution < 1.29 is 4.74 Å². The average molecular weight is 585 g/mol. The zero-order chi connectivity index (χ0) is 30.6.